The van der Waals surface area contributed by atoms with Gasteiger partial charge in [-0.1, -0.05) is 0 Å². The van der Waals surface area contributed by atoms with Crippen LogP contribution in [0.2, 0.25) is 0 Å². The zero-order valence-electron chi connectivity index (χ0n) is 9.22. The highest BCUT2D eigenvalue weighted by atomic mass is 79.9. The molecule has 4 heteroatoms. The molecule has 0 amide bonds. The van der Waals surface area contributed by atoms with Crippen LogP contribution < -0.4 is 5.32 Å². The summed E-state index contributed by atoms with van der Waals surface area (Å²) in [4.78, 5) is 4.32. The Bertz CT molecular complexity index is 328. The molecule has 0 radical (unpaired) electrons. The van der Waals surface area contributed by atoms with Crippen LogP contribution >= 0.6 is 27.5 Å². The summed E-state index contributed by atoms with van der Waals surface area (Å²) >= 11 is 9.42. The molecule has 0 fully saturated rings. The topological polar surface area (TPSA) is 24.9 Å². The molecule has 2 unspecified atom stereocenters. The van der Waals surface area contributed by atoms with Gasteiger partial charge in [0.2, 0.25) is 0 Å². The van der Waals surface area contributed by atoms with Gasteiger partial charge in [-0.05, 0) is 54.8 Å². The van der Waals surface area contributed by atoms with E-state index < -0.39 is 0 Å². The average molecular weight is 292 g/mol. The van der Waals surface area contributed by atoms with E-state index in [1.807, 2.05) is 26.1 Å². The molecular formula is C11H16BrClN2. The van der Waals surface area contributed by atoms with Gasteiger partial charge in [0.25, 0.3) is 0 Å². The zero-order valence-corrected chi connectivity index (χ0v) is 11.6. The van der Waals surface area contributed by atoms with Crippen molar-refractivity contribution in [2.24, 2.45) is 0 Å². The number of rotatable bonds is 4. The lowest BCUT2D eigenvalue weighted by atomic mass is 10.2. The van der Waals surface area contributed by atoms with Gasteiger partial charge >= 0.3 is 0 Å². The van der Waals surface area contributed by atoms with E-state index in [4.69, 9.17) is 11.6 Å². The van der Waals surface area contributed by atoms with Crippen LogP contribution in [0.5, 0.6) is 0 Å². The molecule has 15 heavy (non-hydrogen) atoms. The molecule has 1 aromatic heterocycles. The summed E-state index contributed by atoms with van der Waals surface area (Å²) in [7, 11) is 0. The molecule has 1 aromatic rings. The van der Waals surface area contributed by atoms with Crippen LogP contribution in [0, 0.1) is 6.92 Å². The van der Waals surface area contributed by atoms with Crippen molar-refractivity contribution in [1.29, 1.82) is 0 Å². The fourth-order valence-electron chi connectivity index (χ4n) is 1.42. The highest BCUT2D eigenvalue weighted by Gasteiger charge is 2.08. The summed E-state index contributed by atoms with van der Waals surface area (Å²) in [6.45, 7) is 6.12. The van der Waals surface area contributed by atoms with E-state index in [2.05, 4.69) is 33.2 Å². The zero-order chi connectivity index (χ0) is 11.4. The summed E-state index contributed by atoms with van der Waals surface area (Å²) in [5.41, 5.74) is 1.14. The second-order valence-corrected chi connectivity index (χ2v) is 5.50. The van der Waals surface area contributed by atoms with Crippen molar-refractivity contribution in [3.05, 3.63) is 22.3 Å². The third-order valence-electron chi connectivity index (χ3n) is 2.04. The molecule has 1 rings (SSSR count). The Morgan fingerprint density at radius 2 is 2.20 bits per heavy atom. The molecule has 0 spiro atoms. The molecule has 0 aliphatic rings. The van der Waals surface area contributed by atoms with Gasteiger partial charge in [-0.15, -0.1) is 11.6 Å². The lowest BCUT2D eigenvalue weighted by Crippen LogP contribution is -2.19. The number of hydrogen-bond donors (Lipinski definition) is 1. The van der Waals surface area contributed by atoms with E-state index in [0.29, 0.717) is 6.04 Å². The molecule has 1 N–H and O–H groups in total. The maximum Gasteiger partial charge on any atom is 0.140 e. The summed E-state index contributed by atoms with van der Waals surface area (Å²) in [5.74, 6) is 0.880. The van der Waals surface area contributed by atoms with Crippen molar-refractivity contribution in [3.8, 4) is 0 Å². The third-order valence-corrected chi connectivity index (χ3v) is 2.82. The monoisotopic (exact) mass is 290 g/mol. The van der Waals surface area contributed by atoms with E-state index in [9.17, 15) is 0 Å². The number of alkyl halides is 1. The van der Waals surface area contributed by atoms with Crippen LogP contribution in [0.4, 0.5) is 5.82 Å². The van der Waals surface area contributed by atoms with Crippen LogP contribution in [-0.2, 0) is 0 Å². The van der Waals surface area contributed by atoms with E-state index in [0.717, 1.165) is 22.3 Å². The molecule has 0 bridgehead atoms. The van der Waals surface area contributed by atoms with Crippen molar-refractivity contribution in [3.63, 3.8) is 0 Å². The largest absolute Gasteiger partial charge is 0.367 e. The number of aromatic nitrogens is 1. The van der Waals surface area contributed by atoms with E-state index in [1.54, 1.807) is 0 Å². The first-order valence-electron chi connectivity index (χ1n) is 5.01. The molecular weight excluding hydrogens is 275 g/mol. The Morgan fingerprint density at radius 1 is 1.53 bits per heavy atom. The van der Waals surface area contributed by atoms with Gasteiger partial charge in [0, 0.05) is 17.6 Å². The minimum absolute atomic E-state index is 0.178. The number of aryl methyl sites for hydroxylation is 1. The Hall–Kier alpha value is -0.280. The minimum atomic E-state index is 0.178. The molecule has 0 aromatic carbocycles. The van der Waals surface area contributed by atoms with Crippen LogP contribution in [0.15, 0.2) is 16.7 Å². The molecule has 0 saturated carbocycles. The second-order valence-electron chi connectivity index (χ2n) is 3.90. The molecule has 0 aliphatic heterocycles. The first-order chi connectivity index (χ1) is 6.99. The van der Waals surface area contributed by atoms with Crippen molar-refractivity contribution in [2.75, 3.05) is 5.32 Å². The maximum atomic E-state index is 5.93. The minimum Gasteiger partial charge on any atom is -0.367 e. The Kier molecular flexibility index (Phi) is 4.87. The lowest BCUT2D eigenvalue weighted by molar-refractivity contribution is 0.693. The van der Waals surface area contributed by atoms with E-state index in [1.165, 1.54) is 0 Å². The van der Waals surface area contributed by atoms with Gasteiger partial charge in [-0.3, -0.25) is 0 Å². The Balaban J connectivity index is 2.64. The highest BCUT2D eigenvalue weighted by Crippen LogP contribution is 2.22. The van der Waals surface area contributed by atoms with Crippen LogP contribution in [0.3, 0.4) is 0 Å². The molecule has 2 atom stereocenters. The number of nitrogens with one attached hydrogen (secondary N) is 1. The molecule has 84 valence electrons. The van der Waals surface area contributed by atoms with E-state index in [-0.39, 0.29) is 5.38 Å². The normalized spacial score (nSPS) is 14.7. The Morgan fingerprint density at radius 3 is 2.73 bits per heavy atom. The second kappa shape index (κ2) is 5.71. The van der Waals surface area contributed by atoms with Crippen LogP contribution in [0.1, 0.15) is 25.8 Å². The van der Waals surface area contributed by atoms with Crippen LogP contribution in [-0.4, -0.2) is 16.4 Å². The van der Waals surface area contributed by atoms with Gasteiger partial charge in [0.05, 0.1) is 4.47 Å². The van der Waals surface area contributed by atoms with Crippen molar-refractivity contribution in [2.45, 2.75) is 38.6 Å². The maximum absolute atomic E-state index is 5.93. The third kappa shape index (κ3) is 4.39. The van der Waals surface area contributed by atoms with Gasteiger partial charge in [0.1, 0.15) is 5.82 Å². The van der Waals surface area contributed by atoms with Crippen molar-refractivity contribution in [1.82, 2.24) is 4.98 Å². The predicted octanol–water partition coefficient (Wildman–Crippen LogP) is 3.97. The van der Waals surface area contributed by atoms with E-state index >= 15 is 0 Å². The van der Waals surface area contributed by atoms with Gasteiger partial charge in [0.15, 0.2) is 0 Å². The first-order valence-corrected chi connectivity index (χ1v) is 6.24. The summed E-state index contributed by atoms with van der Waals surface area (Å²) in [5, 5.41) is 3.50. The fraction of sp³-hybridized carbons (Fsp3) is 0.545. The average Bonchev–Trinajstić information content (AvgIpc) is 2.08. The predicted molar refractivity (Wildman–Crippen MR) is 69.7 cm³/mol. The van der Waals surface area contributed by atoms with Gasteiger partial charge in [-0.25, -0.2) is 4.98 Å². The molecule has 2 nitrogen and oxygen atoms in total. The number of halogens is 2. The van der Waals surface area contributed by atoms with Crippen molar-refractivity contribution < 1.29 is 0 Å². The molecule has 0 aliphatic carbocycles. The molecule has 1 heterocycles. The SMILES string of the molecule is Cc1cnc(NC(C)CC(C)Cl)c(Br)c1. The fourth-order valence-corrected chi connectivity index (χ4v) is 2.26. The quantitative estimate of drug-likeness (QED) is 0.849. The lowest BCUT2D eigenvalue weighted by Gasteiger charge is -2.16. The molecule has 0 saturated heterocycles. The summed E-state index contributed by atoms with van der Waals surface area (Å²) in [6.07, 6.45) is 2.77. The number of nitrogens with zero attached hydrogens (tertiary/aromatic N) is 1. The van der Waals surface area contributed by atoms with Crippen molar-refractivity contribution >= 4 is 33.3 Å². The number of hydrogen-bond acceptors (Lipinski definition) is 2. The smallest absolute Gasteiger partial charge is 0.140 e. The summed E-state index contributed by atoms with van der Waals surface area (Å²) < 4.78 is 0.997. The van der Waals surface area contributed by atoms with Gasteiger partial charge in [-0.2, -0.15) is 0 Å². The highest BCUT2D eigenvalue weighted by molar-refractivity contribution is 9.10. The number of anilines is 1. The number of pyridine rings is 1. The first kappa shape index (κ1) is 12.8. The van der Waals surface area contributed by atoms with Crippen LogP contribution in [0.25, 0.3) is 0 Å². The Labute approximate surface area is 105 Å². The van der Waals surface area contributed by atoms with Gasteiger partial charge < -0.3 is 5.32 Å². The summed E-state index contributed by atoms with van der Waals surface area (Å²) in [6, 6.07) is 2.37. The standard InChI is InChI=1S/C11H16BrClN2/c1-7-4-10(12)11(14-6-7)15-9(3)5-8(2)13/h4,6,8-9H,5H2,1-3H3,(H,14,15).